The first-order chi connectivity index (χ1) is 8.40. The van der Waals surface area contributed by atoms with Gasteiger partial charge in [0.2, 0.25) is 0 Å². The molecule has 0 aromatic carbocycles. The van der Waals surface area contributed by atoms with Gasteiger partial charge in [0.1, 0.15) is 0 Å². The molecule has 0 amide bonds. The van der Waals surface area contributed by atoms with E-state index in [0.717, 1.165) is 6.42 Å². The number of pyridine rings is 1. The Morgan fingerprint density at radius 3 is 2.39 bits per heavy atom. The summed E-state index contributed by atoms with van der Waals surface area (Å²) in [6, 6.07) is 2.53. The number of aromatic nitrogens is 1. The number of carbonyl (C=O) groups is 2. The molecule has 0 aliphatic heterocycles. The van der Waals surface area contributed by atoms with Gasteiger partial charge < -0.3 is 20.7 Å². The van der Waals surface area contributed by atoms with E-state index in [9.17, 15) is 14.7 Å². The molecular weight excluding hydrogens is 236 g/mol. The van der Waals surface area contributed by atoms with Crippen LogP contribution in [0.1, 0.15) is 30.6 Å². The zero-order valence-electron chi connectivity index (χ0n) is 10.5. The van der Waals surface area contributed by atoms with E-state index in [0.29, 0.717) is 0 Å². The molecule has 0 fully saturated rings. The van der Waals surface area contributed by atoms with E-state index in [4.69, 9.17) is 5.11 Å². The standard InChI is InChI=1S/C6H5NO2.C6H13NO2/c8-6(9)5-2-1-3-7-4-5;1-3-4(2)5(7)6(8)9/h1-4H,(H,8,9);4-5H,3,7H2,1-2H3,(H,8,9)/t;4-,5-/m.0/s1. The number of nitrogens with zero attached hydrogens (tertiary/aromatic N) is 1. The molecule has 1 heterocycles. The van der Waals surface area contributed by atoms with E-state index in [2.05, 4.69) is 10.7 Å². The SMILES string of the molecule is CC[C@H](C)[C@H]([NH3+])C(=O)O.O=C([O-])c1cccnc1. The van der Waals surface area contributed by atoms with Crippen molar-refractivity contribution in [2.24, 2.45) is 5.92 Å². The minimum Gasteiger partial charge on any atom is -0.545 e. The van der Waals surface area contributed by atoms with Gasteiger partial charge in [-0.1, -0.05) is 19.9 Å². The first-order valence-corrected chi connectivity index (χ1v) is 5.57. The summed E-state index contributed by atoms with van der Waals surface area (Å²) in [5.41, 5.74) is 3.62. The molecule has 2 atom stereocenters. The van der Waals surface area contributed by atoms with E-state index in [1.165, 1.54) is 18.5 Å². The summed E-state index contributed by atoms with van der Waals surface area (Å²) in [4.78, 5) is 23.9. The second kappa shape index (κ2) is 8.19. The molecule has 0 unspecified atom stereocenters. The van der Waals surface area contributed by atoms with Gasteiger partial charge in [0.25, 0.3) is 0 Å². The molecule has 1 aromatic heterocycles. The number of hydrogen-bond acceptors (Lipinski definition) is 4. The molecule has 1 aromatic rings. The number of carboxylic acids is 2. The fraction of sp³-hybridized carbons (Fsp3) is 0.417. The number of aliphatic carboxylic acids is 1. The lowest BCUT2D eigenvalue weighted by molar-refractivity contribution is -0.419. The predicted molar refractivity (Wildman–Crippen MR) is 62.3 cm³/mol. The number of carboxylic acid groups (broad SMARTS) is 2. The Morgan fingerprint density at radius 1 is 1.56 bits per heavy atom. The van der Waals surface area contributed by atoms with Gasteiger partial charge in [-0.3, -0.25) is 4.98 Å². The summed E-state index contributed by atoms with van der Waals surface area (Å²) in [6.45, 7) is 3.86. The number of rotatable bonds is 4. The average Bonchev–Trinajstić information content (AvgIpc) is 2.38. The summed E-state index contributed by atoms with van der Waals surface area (Å²) in [6.07, 6.45) is 3.63. The molecule has 0 saturated carbocycles. The summed E-state index contributed by atoms with van der Waals surface area (Å²) >= 11 is 0. The van der Waals surface area contributed by atoms with Crippen LogP contribution in [0.5, 0.6) is 0 Å². The fourth-order valence-corrected chi connectivity index (χ4v) is 1.01. The van der Waals surface area contributed by atoms with Gasteiger partial charge in [-0.2, -0.15) is 0 Å². The minimum atomic E-state index is -1.19. The lowest BCUT2D eigenvalue weighted by Crippen LogP contribution is -2.67. The highest BCUT2D eigenvalue weighted by atomic mass is 16.4. The molecule has 6 heteroatoms. The second-order valence-corrected chi connectivity index (χ2v) is 3.86. The van der Waals surface area contributed by atoms with Gasteiger partial charge >= 0.3 is 5.97 Å². The van der Waals surface area contributed by atoms with E-state index in [1.54, 1.807) is 6.07 Å². The number of aromatic carboxylic acids is 1. The molecule has 0 aliphatic rings. The minimum absolute atomic E-state index is 0.109. The number of carbonyl (C=O) groups excluding carboxylic acids is 1. The molecule has 0 saturated heterocycles. The van der Waals surface area contributed by atoms with Crippen LogP contribution in [0.4, 0.5) is 0 Å². The first-order valence-electron chi connectivity index (χ1n) is 5.57. The molecule has 100 valence electrons. The van der Waals surface area contributed by atoms with Crippen LogP contribution in [0.15, 0.2) is 24.5 Å². The van der Waals surface area contributed by atoms with Crippen molar-refractivity contribution in [3.63, 3.8) is 0 Å². The largest absolute Gasteiger partial charge is 0.545 e. The predicted octanol–water partition coefficient (Wildman–Crippen LogP) is -0.827. The van der Waals surface area contributed by atoms with Crippen molar-refractivity contribution in [2.75, 3.05) is 0 Å². The lowest BCUT2D eigenvalue weighted by atomic mass is 10.0. The summed E-state index contributed by atoms with van der Waals surface area (Å²) in [5, 5.41) is 18.5. The van der Waals surface area contributed by atoms with Crippen molar-refractivity contribution in [3.8, 4) is 0 Å². The maximum atomic E-state index is 10.2. The van der Waals surface area contributed by atoms with Crippen LogP contribution in [0.3, 0.4) is 0 Å². The van der Waals surface area contributed by atoms with E-state index >= 15 is 0 Å². The van der Waals surface area contributed by atoms with E-state index < -0.39 is 18.0 Å². The molecule has 0 spiro atoms. The second-order valence-electron chi connectivity index (χ2n) is 3.86. The topological polar surface area (TPSA) is 118 Å². The molecule has 1 rings (SSSR count). The highest BCUT2D eigenvalue weighted by molar-refractivity contribution is 5.85. The summed E-state index contributed by atoms with van der Waals surface area (Å²) < 4.78 is 0. The Labute approximate surface area is 105 Å². The number of hydrogen-bond donors (Lipinski definition) is 2. The Kier molecular flexibility index (Phi) is 7.30. The van der Waals surface area contributed by atoms with Crippen LogP contribution in [-0.2, 0) is 4.79 Å². The van der Waals surface area contributed by atoms with Crippen molar-refractivity contribution in [1.29, 1.82) is 0 Å². The Morgan fingerprint density at radius 2 is 2.17 bits per heavy atom. The van der Waals surface area contributed by atoms with E-state index in [1.807, 2.05) is 13.8 Å². The molecule has 0 bridgehead atoms. The molecule has 0 aliphatic carbocycles. The van der Waals surface area contributed by atoms with Crippen molar-refractivity contribution in [2.45, 2.75) is 26.3 Å². The Hall–Kier alpha value is -1.95. The van der Waals surface area contributed by atoms with Crippen LogP contribution in [0.25, 0.3) is 0 Å². The highest BCUT2D eigenvalue weighted by Crippen LogP contribution is 2.02. The number of quaternary nitrogens is 1. The van der Waals surface area contributed by atoms with Crippen molar-refractivity contribution < 1.29 is 25.5 Å². The van der Waals surface area contributed by atoms with Gasteiger partial charge in [0.05, 0.1) is 5.97 Å². The third kappa shape index (κ3) is 5.95. The molecule has 6 nitrogen and oxygen atoms in total. The molecular formula is C12H18N2O4. The molecule has 4 N–H and O–H groups in total. The third-order valence-electron chi connectivity index (χ3n) is 2.55. The molecule has 18 heavy (non-hydrogen) atoms. The van der Waals surface area contributed by atoms with Crippen molar-refractivity contribution in [3.05, 3.63) is 30.1 Å². The van der Waals surface area contributed by atoms with Crippen LogP contribution < -0.4 is 10.8 Å². The maximum Gasteiger partial charge on any atom is 0.362 e. The van der Waals surface area contributed by atoms with Crippen molar-refractivity contribution in [1.82, 2.24) is 4.98 Å². The van der Waals surface area contributed by atoms with Crippen LogP contribution in [-0.4, -0.2) is 28.1 Å². The molecule has 0 radical (unpaired) electrons. The monoisotopic (exact) mass is 254 g/mol. The zero-order valence-corrected chi connectivity index (χ0v) is 10.5. The summed E-state index contributed by atoms with van der Waals surface area (Å²) in [7, 11) is 0. The first kappa shape index (κ1) is 16.1. The smallest absolute Gasteiger partial charge is 0.362 e. The fourth-order valence-electron chi connectivity index (χ4n) is 1.01. The van der Waals surface area contributed by atoms with Crippen molar-refractivity contribution >= 4 is 11.9 Å². The normalized spacial score (nSPS) is 12.8. The van der Waals surface area contributed by atoms with E-state index in [-0.39, 0.29) is 11.5 Å². The Balaban J connectivity index is 0.000000321. The van der Waals surface area contributed by atoms with Crippen LogP contribution >= 0.6 is 0 Å². The highest BCUT2D eigenvalue weighted by Gasteiger charge is 2.21. The van der Waals surface area contributed by atoms with Gasteiger partial charge in [-0.15, -0.1) is 0 Å². The van der Waals surface area contributed by atoms with Crippen LogP contribution in [0, 0.1) is 5.92 Å². The van der Waals surface area contributed by atoms with Crippen LogP contribution in [0.2, 0.25) is 0 Å². The maximum absolute atomic E-state index is 10.2. The lowest BCUT2D eigenvalue weighted by Gasteiger charge is -2.08. The van der Waals surface area contributed by atoms with Gasteiger partial charge in [-0.25, -0.2) is 4.79 Å². The van der Waals surface area contributed by atoms with Gasteiger partial charge in [0, 0.05) is 23.9 Å². The third-order valence-corrected chi connectivity index (χ3v) is 2.55. The van der Waals surface area contributed by atoms with Gasteiger partial charge in [0.15, 0.2) is 6.04 Å². The Bertz CT molecular complexity index is 381. The van der Waals surface area contributed by atoms with Gasteiger partial charge in [-0.05, 0) is 12.5 Å². The zero-order chi connectivity index (χ0) is 14.1. The summed E-state index contributed by atoms with van der Waals surface area (Å²) in [5.74, 6) is -1.81. The average molecular weight is 254 g/mol. The quantitative estimate of drug-likeness (QED) is 0.727.